The fourth-order valence-electron chi connectivity index (χ4n) is 4.79. The molecule has 2 aliphatic rings. The fourth-order valence-corrected chi connectivity index (χ4v) is 6.23. The van der Waals surface area contributed by atoms with Crippen LogP contribution >= 0.6 is 11.3 Å². The number of nitrogens with zero attached hydrogens (tertiary/aromatic N) is 4. The number of halogens is 3. The normalized spacial score (nSPS) is 17.8. The molecule has 1 aliphatic heterocycles. The van der Waals surface area contributed by atoms with E-state index in [-0.39, 0.29) is 46.0 Å². The second kappa shape index (κ2) is 10.2. The van der Waals surface area contributed by atoms with E-state index >= 15 is 0 Å². The molecule has 1 N–H and O–H groups in total. The lowest BCUT2D eigenvalue weighted by Gasteiger charge is -2.27. The Bertz CT molecular complexity index is 1430. The third kappa shape index (κ3) is 5.88. The van der Waals surface area contributed by atoms with Crippen LogP contribution < -0.4 is 9.64 Å². The number of azo groups is 1. The van der Waals surface area contributed by atoms with Gasteiger partial charge in [-0.2, -0.15) is 21.6 Å². The zero-order valence-electron chi connectivity index (χ0n) is 19.7. The van der Waals surface area contributed by atoms with E-state index in [1.807, 2.05) is 12.1 Å². The molecule has 1 aromatic heterocycles. The van der Waals surface area contributed by atoms with Crippen molar-refractivity contribution < 1.29 is 30.9 Å². The van der Waals surface area contributed by atoms with Gasteiger partial charge in [0.05, 0.1) is 16.3 Å². The van der Waals surface area contributed by atoms with E-state index in [9.17, 15) is 26.1 Å². The van der Waals surface area contributed by atoms with E-state index < -0.39 is 21.3 Å². The lowest BCUT2D eigenvalue weighted by Crippen LogP contribution is -2.38. The van der Waals surface area contributed by atoms with Crippen molar-refractivity contribution in [2.75, 3.05) is 11.4 Å². The third-order valence-electron chi connectivity index (χ3n) is 6.56. The molecule has 0 radical (unpaired) electrons. The first-order chi connectivity index (χ1) is 17.6. The van der Waals surface area contributed by atoms with E-state index in [0.29, 0.717) is 18.4 Å². The first-order valence-electron chi connectivity index (χ1n) is 12.1. The smallest absolute Gasteiger partial charge is 0.484 e. The summed E-state index contributed by atoms with van der Waals surface area (Å²) in [5.74, 6) is 0.736. The molecular weight excluding hydrogens is 529 g/mol. The summed E-state index contributed by atoms with van der Waals surface area (Å²) in [4.78, 5) is 3.85. The first-order valence-corrected chi connectivity index (χ1v) is 14.3. The SMILES string of the molecule is O=S(=O)(O)c1cc2c(cc1N=Nc1nc3ccc(OC4CCCCC4)cc3s1)CCCCN2C(F)(F)F. The van der Waals surface area contributed by atoms with E-state index in [4.69, 9.17) is 4.74 Å². The molecule has 5 rings (SSSR count). The molecule has 0 spiro atoms. The first kappa shape index (κ1) is 25.9. The van der Waals surface area contributed by atoms with Gasteiger partial charge in [0.15, 0.2) is 0 Å². The second-order valence-electron chi connectivity index (χ2n) is 9.20. The highest BCUT2D eigenvalue weighted by Gasteiger charge is 2.40. The highest BCUT2D eigenvalue weighted by atomic mass is 32.2. The predicted octanol–water partition coefficient (Wildman–Crippen LogP) is 7.33. The minimum Gasteiger partial charge on any atom is -0.490 e. The van der Waals surface area contributed by atoms with Crippen LogP contribution in [0.2, 0.25) is 0 Å². The Morgan fingerprint density at radius 2 is 1.84 bits per heavy atom. The molecule has 8 nitrogen and oxygen atoms in total. The molecule has 13 heteroatoms. The highest BCUT2D eigenvalue weighted by molar-refractivity contribution is 7.86. The topological polar surface area (TPSA) is 104 Å². The van der Waals surface area contributed by atoms with Crippen molar-refractivity contribution in [1.82, 2.24) is 4.98 Å². The van der Waals surface area contributed by atoms with Gasteiger partial charge in [-0.3, -0.25) is 9.45 Å². The van der Waals surface area contributed by atoms with E-state index in [1.165, 1.54) is 23.8 Å². The van der Waals surface area contributed by atoms with Gasteiger partial charge in [0.1, 0.15) is 16.3 Å². The third-order valence-corrected chi connectivity index (χ3v) is 8.34. The van der Waals surface area contributed by atoms with Crippen LogP contribution in [0.1, 0.15) is 50.5 Å². The Labute approximate surface area is 215 Å². The summed E-state index contributed by atoms with van der Waals surface area (Å²) in [6.07, 6.45) is 2.16. The van der Waals surface area contributed by atoms with Crippen molar-refractivity contribution in [3.05, 3.63) is 35.9 Å². The number of benzene rings is 2. The quantitative estimate of drug-likeness (QED) is 0.201. The Morgan fingerprint density at radius 3 is 2.57 bits per heavy atom. The molecule has 0 amide bonds. The molecule has 0 bridgehead atoms. The Balaban J connectivity index is 1.46. The maximum absolute atomic E-state index is 13.6. The summed E-state index contributed by atoms with van der Waals surface area (Å²) in [5, 5.41) is 8.27. The lowest BCUT2D eigenvalue weighted by molar-refractivity contribution is -0.129. The van der Waals surface area contributed by atoms with Gasteiger partial charge in [0, 0.05) is 12.2 Å². The van der Waals surface area contributed by atoms with Crippen molar-refractivity contribution in [1.29, 1.82) is 0 Å². The molecule has 1 saturated carbocycles. The van der Waals surface area contributed by atoms with Crippen LogP contribution in [-0.4, -0.2) is 36.9 Å². The van der Waals surface area contributed by atoms with E-state index in [1.54, 1.807) is 6.07 Å². The van der Waals surface area contributed by atoms with Crippen molar-refractivity contribution in [2.24, 2.45) is 10.2 Å². The molecule has 2 heterocycles. The zero-order chi connectivity index (χ0) is 26.2. The minimum atomic E-state index is -4.88. The van der Waals surface area contributed by atoms with Crippen LogP contribution in [0.4, 0.5) is 29.7 Å². The summed E-state index contributed by atoms with van der Waals surface area (Å²) in [7, 11) is -4.88. The van der Waals surface area contributed by atoms with Crippen LogP contribution in [0.25, 0.3) is 10.2 Å². The standard InChI is InChI=1S/C24H25F3N4O4S2/c25-24(26,27)31-11-5-4-6-15-12-19(22(14-20(15)31)37(32,33)34)29-30-23-28-18-10-9-17(13-21(18)36-23)35-16-7-2-1-3-8-16/h9-10,12-14,16H,1-8,11H2,(H,32,33,34). The Kier molecular flexibility index (Phi) is 7.12. The Morgan fingerprint density at radius 1 is 1.05 bits per heavy atom. The van der Waals surface area contributed by atoms with Gasteiger partial charge in [-0.05, 0) is 80.8 Å². The minimum absolute atomic E-state index is 0.193. The highest BCUT2D eigenvalue weighted by Crippen LogP contribution is 2.41. The molecule has 0 atom stereocenters. The van der Waals surface area contributed by atoms with Gasteiger partial charge in [-0.1, -0.05) is 17.8 Å². The largest absolute Gasteiger partial charge is 0.490 e. The molecule has 1 fully saturated rings. The molecule has 0 saturated heterocycles. The summed E-state index contributed by atoms with van der Waals surface area (Å²) < 4.78 is 81.6. The van der Waals surface area contributed by atoms with Crippen LogP contribution in [0.15, 0.2) is 45.5 Å². The van der Waals surface area contributed by atoms with Gasteiger partial charge >= 0.3 is 6.30 Å². The number of fused-ring (bicyclic) bond motifs is 2. The molecule has 3 aromatic rings. The number of rotatable bonds is 5. The van der Waals surface area contributed by atoms with Crippen LogP contribution in [0.3, 0.4) is 0 Å². The van der Waals surface area contributed by atoms with Crippen molar-refractivity contribution in [2.45, 2.75) is 68.7 Å². The summed E-state index contributed by atoms with van der Waals surface area (Å²) >= 11 is 1.22. The van der Waals surface area contributed by atoms with Gasteiger partial charge in [0.2, 0.25) is 5.13 Å². The Hall–Kier alpha value is -2.77. The van der Waals surface area contributed by atoms with E-state index in [2.05, 4.69) is 15.2 Å². The number of aromatic nitrogens is 1. The number of aryl methyl sites for hydroxylation is 1. The van der Waals surface area contributed by atoms with Gasteiger partial charge in [-0.25, -0.2) is 4.98 Å². The number of anilines is 1. The van der Waals surface area contributed by atoms with Crippen LogP contribution in [0, 0.1) is 0 Å². The molecule has 37 heavy (non-hydrogen) atoms. The lowest BCUT2D eigenvalue weighted by atomic mass is 9.98. The van der Waals surface area contributed by atoms with Gasteiger partial charge in [-0.15, -0.1) is 10.2 Å². The van der Waals surface area contributed by atoms with Crippen molar-refractivity contribution >= 4 is 48.2 Å². The zero-order valence-corrected chi connectivity index (χ0v) is 21.4. The van der Waals surface area contributed by atoms with Crippen molar-refractivity contribution in [3.63, 3.8) is 0 Å². The molecule has 2 aromatic carbocycles. The van der Waals surface area contributed by atoms with Crippen LogP contribution in [-0.2, 0) is 16.5 Å². The second-order valence-corrected chi connectivity index (χ2v) is 11.6. The monoisotopic (exact) mass is 554 g/mol. The predicted molar refractivity (Wildman–Crippen MR) is 134 cm³/mol. The molecule has 198 valence electrons. The average molecular weight is 555 g/mol. The van der Waals surface area contributed by atoms with Gasteiger partial charge < -0.3 is 4.74 Å². The molecular formula is C24H25F3N4O4S2. The van der Waals surface area contributed by atoms with Gasteiger partial charge in [0.25, 0.3) is 10.1 Å². The average Bonchev–Trinajstić information content (AvgIpc) is 3.11. The molecule has 0 unspecified atom stereocenters. The number of thiazole rings is 1. The number of alkyl halides is 3. The fraction of sp³-hybridized carbons (Fsp3) is 0.458. The molecule has 1 aliphatic carbocycles. The summed E-state index contributed by atoms with van der Waals surface area (Å²) in [5.41, 5.74) is 0.394. The number of ether oxygens (including phenoxy) is 1. The maximum atomic E-state index is 13.6. The van der Waals surface area contributed by atoms with Crippen LogP contribution in [0.5, 0.6) is 5.75 Å². The van der Waals surface area contributed by atoms with E-state index in [0.717, 1.165) is 42.2 Å². The van der Waals surface area contributed by atoms with Crippen molar-refractivity contribution in [3.8, 4) is 5.75 Å². The summed E-state index contributed by atoms with van der Waals surface area (Å²) in [6.45, 7) is -0.305. The number of hydrogen-bond donors (Lipinski definition) is 1. The maximum Gasteiger partial charge on any atom is 0.484 e. The summed E-state index contributed by atoms with van der Waals surface area (Å²) in [6, 6.07) is 7.59. The number of hydrogen-bond acceptors (Lipinski definition) is 8.